The van der Waals surface area contributed by atoms with Gasteiger partial charge in [-0.3, -0.25) is 4.90 Å². The lowest BCUT2D eigenvalue weighted by atomic mass is 9.99. The summed E-state index contributed by atoms with van der Waals surface area (Å²) >= 11 is 5.49. The Morgan fingerprint density at radius 3 is 3.05 bits per heavy atom. The number of hydrogen-bond acceptors (Lipinski definition) is 2. The zero-order valence-corrected chi connectivity index (χ0v) is 13.5. The molecule has 0 amide bonds. The highest BCUT2D eigenvalue weighted by Gasteiger charge is 2.22. The van der Waals surface area contributed by atoms with Gasteiger partial charge in [0.05, 0.1) is 0 Å². The first-order valence-corrected chi connectivity index (χ1v) is 9.13. The first kappa shape index (κ1) is 13.6. The minimum absolute atomic E-state index is 0.770. The highest BCUT2D eigenvalue weighted by Crippen LogP contribution is 2.29. The quantitative estimate of drug-likeness (QED) is 0.706. The van der Waals surface area contributed by atoms with E-state index in [2.05, 4.69) is 50.5 Å². The van der Waals surface area contributed by atoms with Gasteiger partial charge in [-0.05, 0) is 48.2 Å². The van der Waals surface area contributed by atoms with Gasteiger partial charge in [0.2, 0.25) is 0 Å². The molecule has 1 aromatic heterocycles. The highest BCUT2D eigenvalue weighted by molar-refractivity contribution is 9.09. The van der Waals surface area contributed by atoms with E-state index in [4.69, 9.17) is 0 Å². The van der Waals surface area contributed by atoms with Crippen LogP contribution < -0.4 is 0 Å². The van der Waals surface area contributed by atoms with E-state index in [0.29, 0.717) is 0 Å². The van der Waals surface area contributed by atoms with E-state index in [1.807, 2.05) is 11.3 Å². The Morgan fingerprint density at radius 1 is 1.26 bits per heavy atom. The van der Waals surface area contributed by atoms with E-state index < -0.39 is 0 Å². The lowest BCUT2D eigenvalue weighted by Crippen LogP contribution is -2.39. The molecule has 0 spiro atoms. The smallest absolute Gasteiger partial charge is 0.0346 e. The van der Waals surface area contributed by atoms with Gasteiger partial charge in [0.25, 0.3) is 0 Å². The molecule has 1 saturated heterocycles. The molecule has 19 heavy (non-hydrogen) atoms. The van der Waals surface area contributed by atoms with Crippen molar-refractivity contribution in [2.75, 3.05) is 11.9 Å². The zero-order valence-electron chi connectivity index (χ0n) is 11.1. The number of nitrogens with zero attached hydrogens (tertiary/aromatic N) is 1. The zero-order chi connectivity index (χ0) is 13.1. The first-order chi connectivity index (χ1) is 9.38. The third-order valence-electron chi connectivity index (χ3n) is 4.13. The van der Waals surface area contributed by atoms with Crippen molar-refractivity contribution in [1.29, 1.82) is 0 Å². The summed E-state index contributed by atoms with van der Waals surface area (Å²) < 4.78 is 1.42. The monoisotopic (exact) mass is 337 g/mol. The van der Waals surface area contributed by atoms with Gasteiger partial charge in [0.15, 0.2) is 0 Å². The molecule has 1 atom stereocenters. The molecule has 0 saturated carbocycles. The second-order valence-corrected chi connectivity index (χ2v) is 7.06. The van der Waals surface area contributed by atoms with Gasteiger partial charge < -0.3 is 0 Å². The second kappa shape index (κ2) is 6.38. The number of alkyl halides is 1. The van der Waals surface area contributed by atoms with E-state index in [1.54, 1.807) is 0 Å². The Hall–Kier alpha value is -0.380. The summed E-state index contributed by atoms with van der Waals surface area (Å²) in [6, 6.07) is 9.56. The number of benzene rings is 1. The van der Waals surface area contributed by atoms with Gasteiger partial charge >= 0.3 is 0 Å². The van der Waals surface area contributed by atoms with E-state index in [1.165, 1.54) is 47.9 Å². The lowest BCUT2D eigenvalue weighted by molar-refractivity contribution is 0.138. The number of halogens is 1. The molecule has 1 aromatic carbocycles. The Labute approximate surface area is 127 Å². The number of likely N-dealkylation sites (tertiary alicyclic amines) is 1. The van der Waals surface area contributed by atoms with Crippen molar-refractivity contribution < 1.29 is 0 Å². The summed E-state index contributed by atoms with van der Waals surface area (Å²) in [6.45, 7) is 2.39. The predicted octanol–water partition coefficient (Wildman–Crippen LogP) is 5.04. The Bertz CT molecular complexity index is 534. The maximum absolute atomic E-state index is 3.61. The van der Waals surface area contributed by atoms with Gasteiger partial charge in [-0.25, -0.2) is 0 Å². The summed E-state index contributed by atoms with van der Waals surface area (Å²) in [5, 5.41) is 4.93. The van der Waals surface area contributed by atoms with Crippen LogP contribution in [-0.2, 0) is 6.54 Å². The topological polar surface area (TPSA) is 3.24 Å². The van der Waals surface area contributed by atoms with Gasteiger partial charge in [0, 0.05) is 22.6 Å². The number of rotatable bonds is 4. The fourth-order valence-corrected chi connectivity index (χ4v) is 4.58. The molecule has 1 unspecified atom stereocenters. The molecular weight excluding hydrogens is 318 g/mol. The van der Waals surface area contributed by atoms with Crippen molar-refractivity contribution in [3.05, 3.63) is 35.2 Å². The Morgan fingerprint density at radius 2 is 2.16 bits per heavy atom. The third-order valence-corrected chi connectivity index (χ3v) is 5.60. The average Bonchev–Trinajstić information content (AvgIpc) is 2.85. The second-order valence-electron chi connectivity index (χ2n) is 5.35. The molecule has 0 radical (unpaired) electrons. The SMILES string of the molecule is BrCCC1CCCCN1Cc1csc2ccccc12. The van der Waals surface area contributed by atoms with Crippen LogP contribution in [0, 0.1) is 0 Å². The van der Waals surface area contributed by atoms with E-state index >= 15 is 0 Å². The minimum Gasteiger partial charge on any atom is -0.296 e. The van der Waals surface area contributed by atoms with Crippen LogP contribution in [0.3, 0.4) is 0 Å². The van der Waals surface area contributed by atoms with E-state index in [-0.39, 0.29) is 0 Å². The number of hydrogen-bond donors (Lipinski definition) is 0. The number of fused-ring (bicyclic) bond motifs is 1. The summed E-state index contributed by atoms with van der Waals surface area (Å²) in [7, 11) is 0. The van der Waals surface area contributed by atoms with Crippen LogP contribution >= 0.6 is 27.3 Å². The fraction of sp³-hybridized carbons (Fsp3) is 0.500. The van der Waals surface area contributed by atoms with Crippen LogP contribution in [0.15, 0.2) is 29.6 Å². The molecule has 1 aliphatic heterocycles. The predicted molar refractivity (Wildman–Crippen MR) is 88.3 cm³/mol. The summed E-state index contributed by atoms with van der Waals surface area (Å²) in [5.41, 5.74) is 1.52. The van der Waals surface area contributed by atoms with E-state index in [9.17, 15) is 0 Å². The minimum atomic E-state index is 0.770. The average molecular weight is 338 g/mol. The van der Waals surface area contributed by atoms with Crippen LogP contribution in [0.25, 0.3) is 10.1 Å². The molecule has 102 valence electrons. The molecule has 1 nitrogen and oxygen atoms in total. The van der Waals surface area contributed by atoms with Crippen molar-refractivity contribution >= 4 is 37.4 Å². The van der Waals surface area contributed by atoms with Gasteiger partial charge in [0.1, 0.15) is 0 Å². The molecule has 2 aromatic rings. The van der Waals surface area contributed by atoms with Crippen molar-refractivity contribution in [2.24, 2.45) is 0 Å². The molecule has 2 heterocycles. The first-order valence-electron chi connectivity index (χ1n) is 7.13. The standard InChI is InChI=1S/C16H20BrNS/c17-9-8-14-5-3-4-10-18(14)11-13-12-19-16-7-2-1-6-15(13)16/h1-2,6-7,12,14H,3-5,8-11H2. The van der Waals surface area contributed by atoms with Gasteiger partial charge in [-0.1, -0.05) is 40.5 Å². The molecule has 0 aliphatic carbocycles. The molecular formula is C16H20BrNS. The van der Waals surface area contributed by atoms with Crippen molar-refractivity contribution in [3.63, 3.8) is 0 Å². The lowest BCUT2D eigenvalue weighted by Gasteiger charge is -2.35. The highest BCUT2D eigenvalue weighted by atomic mass is 79.9. The van der Waals surface area contributed by atoms with Crippen LogP contribution in [-0.4, -0.2) is 22.8 Å². The largest absolute Gasteiger partial charge is 0.296 e. The van der Waals surface area contributed by atoms with Crippen LogP contribution in [0.5, 0.6) is 0 Å². The molecule has 3 rings (SSSR count). The van der Waals surface area contributed by atoms with Gasteiger partial charge in [-0.2, -0.15) is 0 Å². The molecule has 3 heteroatoms. The fourth-order valence-electron chi connectivity index (χ4n) is 3.10. The molecule has 1 aliphatic rings. The summed E-state index contributed by atoms with van der Waals surface area (Å²) in [6.07, 6.45) is 5.41. The number of thiophene rings is 1. The maximum Gasteiger partial charge on any atom is 0.0346 e. The Balaban J connectivity index is 1.79. The third kappa shape index (κ3) is 3.04. The van der Waals surface area contributed by atoms with Crippen LogP contribution in [0.1, 0.15) is 31.2 Å². The molecule has 0 bridgehead atoms. The van der Waals surface area contributed by atoms with Crippen molar-refractivity contribution in [3.8, 4) is 0 Å². The molecule has 0 N–H and O–H groups in total. The summed E-state index contributed by atoms with van der Waals surface area (Å²) in [5.74, 6) is 0. The van der Waals surface area contributed by atoms with E-state index in [0.717, 1.165) is 17.9 Å². The van der Waals surface area contributed by atoms with Crippen LogP contribution in [0.4, 0.5) is 0 Å². The normalized spacial score (nSPS) is 21.0. The molecule has 1 fully saturated rings. The van der Waals surface area contributed by atoms with Crippen molar-refractivity contribution in [1.82, 2.24) is 4.90 Å². The summed E-state index contributed by atoms with van der Waals surface area (Å²) in [4.78, 5) is 2.69. The Kier molecular flexibility index (Phi) is 4.57. The maximum atomic E-state index is 3.61. The van der Waals surface area contributed by atoms with Crippen LogP contribution in [0.2, 0.25) is 0 Å². The van der Waals surface area contributed by atoms with Gasteiger partial charge in [-0.15, -0.1) is 11.3 Å². The number of piperidine rings is 1. The van der Waals surface area contributed by atoms with Crippen molar-refractivity contribution in [2.45, 2.75) is 38.3 Å².